The van der Waals surface area contributed by atoms with Gasteiger partial charge in [-0.3, -0.25) is 0 Å². The number of rotatable bonds is 7. The SMILES string of the molecule is COCc1c(C(=O)O)nnn1CCCn1ccnc1. The molecule has 0 aliphatic carbocycles. The molecule has 0 fully saturated rings. The lowest BCUT2D eigenvalue weighted by atomic mass is 10.3. The highest BCUT2D eigenvalue weighted by Gasteiger charge is 2.18. The van der Waals surface area contributed by atoms with Crippen LogP contribution < -0.4 is 0 Å². The Hall–Kier alpha value is -2.22. The van der Waals surface area contributed by atoms with Crippen molar-refractivity contribution >= 4 is 5.97 Å². The van der Waals surface area contributed by atoms with Gasteiger partial charge in [-0.15, -0.1) is 5.10 Å². The highest BCUT2D eigenvalue weighted by Crippen LogP contribution is 2.08. The predicted molar refractivity (Wildman–Crippen MR) is 64.5 cm³/mol. The summed E-state index contributed by atoms with van der Waals surface area (Å²) in [4.78, 5) is 14.9. The number of carboxylic acids is 1. The van der Waals surface area contributed by atoms with Crippen LogP contribution in [0.4, 0.5) is 0 Å². The maximum atomic E-state index is 11.0. The molecule has 0 saturated carbocycles. The van der Waals surface area contributed by atoms with Crippen LogP contribution in [-0.2, 0) is 24.4 Å². The van der Waals surface area contributed by atoms with E-state index in [2.05, 4.69) is 15.3 Å². The van der Waals surface area contributed by atoms with E-state index >= 15 is 0 Å². The van der Waals surface area contributed by atoms with E-state index < -0.39 is 5.97 Å². The van der Waals surface area contributed by atoms with Crippen LogP contribution in [0, 0.1) is 0 Å². The van der Waals surface area contributed by atoms with Gasteiger partial charge in [0.05, 0.1) is 18.6 Å². The molecular formula is C11H15N5O3. The maximum Gasteiger partial charge on any atom is 0.358 e. The molecule has 0 bridgehead atoms. The summed E-state index contributed by atoms with van der Waals surface area (Å²) < 4.78 is 8.51. The number of aromatic carboxylic acids is 1. The van der Waals surface area contributed by atoms with E-state index in [1.165, 1.54) is 7.11 Å². The van der Waals surface area contributed by atoms with Gasteiger partial charge < -0.3 is 14.4 Å². The van der Waals surface area contributed by atoms with Crippen LogP contribution in [0.25, 0.3) is 0 Å². The summed E-state index contributed by atoms with van der Waals surface area (Å²) >= 11 is 0. The van der Waals surface area contributed by atoms with Gasteiger partial charge in [-0.05, 0) is 6.42 Å². The molecule has 8 heteroatoms. The second kappa shape index (κ2) is 6.10. The average Bonchev–Trinajstić information content (AvgIpc) is 3.00. The predicted octanol–water partition coefficient (Wildman–Crippen LogP) is 0.409. The monoisotopic (exact) mass is 265 g/mol. The molecule has 0 aromatic carbocycles. The lowest BCUT2D eigenvalue weighted by Gasteiger charge is -2.06. The summed E-state index contributed by atoms with van der Waals surface area (Å²) in [5.41, 5.74) is 0.435. The van der Waals surface area contributed by atoms with Gasteiger partial charge in [0, 0.05) is 32.6 Å². The fourth-order valence-electron chi connectivity index (χ4n) is 1.78. The molecule has 0 radical (unpaired) electrons. The van der Waals surface area contributed by atoms with Crippen molar-refractivity contribution in [1.29, 1.82) is 0 Å². The van der Waals surface area contributed by atoms with Gasteiger partial charge in [0.15, 0.2) is 5.69 Å². The number of hydrogen-bond donors (Lipinski definition) is 1. The molecule has 2 aromatic rings. The third kappa shape index (κ3) is 3.16. The molecule has 1 N–H and O–H groups in total. The molecule has 0 amide bonds. The number of aromatic nitrogens is 5. The van der Waals surface area contributed by atoms with Gasteiger partial charge in [-0.1, -0.05) is 5.21 Å². The van der Waals surface area contributed by atoms with E-state index in [0.29, 0.717) is 12.2 Å². The second-order valence-electron chi connectivity index (χ2n) is 4.00. The highest BCUT2D eigenvalue weighted by atomic mass is 16.5. The Morgan fingerprint density at radius 1 is 1.47 bits per heavy atom. The fourth-order valence-corrected chi connectivity index (χ4v) is 1.78. The minimum atomic E-state index is -1.09. The van der Waals surface area contributed by atoms with Gasteiger partial charge in [-0.2, -0.15) is 0 Å². The highest BCUT2D eigenvalue weighted by molar-refractivity contribution is 5.86. The average molecular weight is 265 g/mol. The van der Waals surface area contributed by atoms with Crippen molar-refractivity contribution in [2.45, 2.75) is 26.1 Å². The zero-order valence-electron chi connectivity index (χ0n) is 10.6. The number of aryl methyl sites for hydroxylation is 2. The molecule has 0 aliphatic rings. The lowest BCUT2D eigenvalue weighted by molar-refractivity contribution is 0.0684. The van der Waals surface area contributed by atoms with Crippen LogP contribution in [0.1, 0.15) is 22.6 Å². The molecule has 102 valence electrons. The molecule has 0 saturated heterocycles. The van der Waals surface area contributed by atoms with Crippen LogP contribution in [0.3, 0.4) is 0 Å². The van der Waals surface area contributed by atoms with Gasteiger partial charge in [0.2, 0.25) is 0 Å². The molecule has 0 atom stereocenters. The van der Waals surface area contributed by atoms with E-state index in [0.717, 1.165) is 13.0 Å². The third-order valence-corrected chi connectivity index (χ3v) is 2.67. The molecule has 2 aromatic heterocycles. The number of hydrogen-bond acceptors (Lipinski definition) is 5. The van der Waals surface area contributed by atoms with Gasteiger partial charge in [0.25, 0.3) is 0 Å². The van der Waals surface area contributed by atoms with E-state index in [1.54, 1.807) is 17.2 Å². The lowest BCUT2D eigenvalue weighted by Crippen LogP contribution is -2.11. The van der Waals surface area contributed by atoms with Crippen molar-refractivity contribution in [2.75, 3.05) is 7.11 Å². The van der Waals surface area contributed by atoms with Crippen molar-refractivity contribution in [2.24, 2.45) is 0 Å². The first-order valence-electron chi connectivity index (χ1n) is 5.82. The summed E-state index contributed by atoms with van der Waals surface area (Å²) in [6.45, 7) is 1.55. The molecule has 8 nitrogen and oxygen atoms in total. The second-order valence-corrected chi connectivity index (χ2v) is 4.00. The number of methoxy groups -OCH3 is 1. The Morgan fingerprint density at radius 2 is 2.32 bits per heavy atom. The van der Waals surface area contributed by atoms with Crippen molar-refractivity contribution in [3.8, 4) is 0 Å². The quantitative estimate of drug-likeness (QED) is 0.779. The van der Waals surface area contributed by atoms with Crippen LogP contribution in [-0.4, -0.2) is 42.7 Å². The molecule has 19 heavy (non-hydrogen) atoms. The first-order valence-corrected chi connectivity index (χ1v) is 5.82. The number of carboxylic acid groups (broad SMARTS) is 1. The Bertz CT molecular complexity index is 535. The number of imidazole rings is 1. The smallest absolute Gasteiger partial charge is 0.358 e. The zero-order valence-corrected chi connectivity index (χ0v) is 10.6. The van der Waals surface area contributed by atoms with E-state index in [9.17, 15) is 4.79 Å². The van der Waals surface area contributed by atoms with Gasteiger partial charge in [-0.25, -0.2) is 14.5 Å². The summed E-state index contributed by atoms with van der Waals surface area (Å²) in [6, 6.07) is 0. The molecule has 0 aliphatic heterocycles. The zero-order chi connectivity index (χ0) is 13.7. The van der Waals surface area contributed by atoms with Gasteiger partial charge >= 0.3 is 5.97 Å². The minimum absolute atomic E-state index is 0.0514. The first kappa shape index (κ1) is 13.2. The minimum Gasteiger partial charge on any atom is -0.476 e. The summed E-state index contributed by atoms with van der Waals surface area (Å²) in [5, 5.41) is 16.5. The van der Waals surface area contributed by atoms with Crippen LogP contribution >= 0.6 is 0 Å². The molecule has 0 spiro atoms. The van der Waals surface area contributed by atoms with Crippen molar-refractivity contribution < 1.29 is 14.6 Å². The molecular weight excluding hydrogens is 250 g/mol. The summed E-state index contributed by atoms with van der Waals surface area (Å²) in [5.74, 6) is -1.09. The fraction of sp³-hybridized carbons (Fsp3) is 0.455. The number of nitrogens with zero attached hydrogens (tertiary/aromatic N) is 5. The van der Waals surface area contributed by atoms with E-state index in [4.69, 9.17) is 9.84 Å². The summed E-state index contributed by atoms with van der Waals surface area (Å²) in [7, 11) is 1.51. The molecule has 0 unspecified atom stereocenters. The topological polar surface area (TPSA) is 95.1 Å². The number of ether oxygens (including phenoxy) is 1. The van der Waals surface area contributed by atoms with E-state index in [-0.39, 0.29) is 12.3 Å². The van der Waals surface area contributed by atoms with Crippen molar-refractivity contribution in [1.82, 2.24) is 24.5 Å². The molecule has 2 rings (SSSR count). The molecule has 2 heterocycles. The van der Waals surface area contributed by atoms with Crippen molar-refractivity contribution in [3.05, 3.63) is 30.1 Å². The van der Waals surface area contributed by atoms with Crippen LogP contribution in [0.15, 0.2) is 18.7 Å². The normalized spacial score (nSPS) is 10.8. The van der Waals surface area contributed by atoms with Crippen LogP contribution in [0.5, 0.6) is 0 Å². The Balaban J connectivity index is 2.01. The van der Waals surface area contributed by atoms with Crippen molar-refractivity contribution in [3.63, 3.8) is 0 Å². The first-order chi connectivity index (χ1) is 9.22. The standard InChI is InChI=1S/C11H15N5O3/c1-19-7-9-10(11(17)18)13-14-16(9)5-2-4-15-6-3-12-8-15/h3,6,8H,2,4-5,7H2,1H3,(H,17,18). The van der Waals surface area contributed by atoms with Gasteiger partial charge in [0.1, 0.15) is 0 Å². The Morgan fingerprint density at radius 3 is 2.95 bits per heavy atom. The van der Waals surface area contributed by atoms with E-state index in [1.807, 2.05) is 10.8 Å². The Kier molecular flexibility index (Phi) is 4.24. The summed E-state index contributed by atoms with van der Waals surface area (Å²) in [6.07, 6.45) is 6.13. The third-order valence-electron chi connectivity index (χ3n) is 2.67. The largest absolute Gasteiger partial charge is 0.476 e. The van der Waals surface area contributed by atoms with Crippen LogP contribution in [0.2, 0.25) is 0 Å². The Labute approximate surface area is 109 Å². The maximum absolute atomic E-state index is 11.0. The number of carbonyl (C=O) groups is 1.